The lowest BCUT2D eigenvalue weighted by atomic mass is 9.30. The molecule has 5 saturated carbocycles. The molecular formula is C30H52O. The predicted octanol–water partition coefficient (Wildman–Crippen LogP) is 8.25. The highest BCUT2D eigenvalue weighted by Gasteiger charge is 2.70. The molecule has 0 amide bonds. The van der Waals surface area contributed by atoms with Crippen molar-refractivity contribution in [3.63, 3.8) is 0 Å². The summed E-state index contributed by atoms with van der Waals surface area (Å²) in [5, 5.41) is 11.0. The van der Waals surface area contributed by atoms with E-state index in [1.807, 2.05) is 0 Å². The number of aliphatic hydroxyl groups is 1. The molecule has 0 aromatic heterocycles. The smallest absolute Gasteiger partial charge is 0.0596 e. The van der Waals surface area contributed by atoms with Crippen LogP contribution in [0.1, 0.15) is 126 Å². The molecule has 0 radical (unpaired) electrons. The summed E-state index contributed by atoms with van der Waals surface area (Å²) in [6.45, 7) is 20.7. The predicted molar refractivity (Wildman–Crippen MR) is 131 cm³/mol. The van der Waals surface area contributed by atoms with Crippen LogP contribution in [-0.4, -0.2) is 11.2 Å². The van der Waals surface area contributed by atoms with Crippen LogP contribution in [0.3, 0.4) is 0 Å². The van der Waals surface area contributed by atoms with Crippen molar-refractivity contribution in [3.05, 3.63) is 0 Å². The molecule has 0 aromatic rings. The van der Waals surface area contributed by atoms with Crippen LogP contribution in [0.15, 0.2) is 0 Å². The van der Waals surface area contributed by atoms with Gasteiger partial charge in [-0.2, -0.15) is 0 Å². The number of hydrogen-bond donors (Lipinski definition) is 1. The molecule has 0 unspecified atom stereocenters. The van der Waals surface area contributed by atoms with Gasteiger partial charge in [0.2, 0.25) is 0 Å². The van der Waals surface area contributed by atoms with Crippen molar-refractivity contribution in [1.82, 2.24) is 0 Å². The Labute approximate surface area is 193 Å². The highest BCUT2D eigenvalue weighted by molar-refractivity contribution is 5.19. The van der Waals surface area contributed by atoms with E-state index >= 15 is 0 Å². The largest absolute Gasteiger partial charge is 0.393 e. The molecule has 10 atom stereocenters. The van der Waals surface area contributed by atoms with Gasteiger partial charge in [-0.15, -0.1) is 0 Å². The van der Waals surface area contributed by atoms with Gasteiger partial charge in [0, 0.05) is 0 Å². The molecule has 0 heterocycles. The van der Waals surface area contributed by atoms with Crippen LogP contribution in [0.25, 0.3) is 0 Å². The lowest BCUT2D eigenvalue weighted by Crippen LogP contribution is -2.68. The minimum Gasteiger partial charge on any atom is -0.393 e. The van der Waals surface area contributed by atoms with Gasteiger partial charge in [-0.3, -0.25) is 0 Å². The fraction of sp³-hybridized carbons (Fsp3) is 1.00. The first-order chi connectivity index (χ1) is 14.2. The van der Waals surface area contributed by atoms with Crippen molar-refractivity contribution in [3.8, 4) is 0 Å². The summed E-state index contributed by atoms with van der Waals surface area (Å²) in [6, 6.07) is 0. The van der Waals surface area contributed by atoms with Crippen LogP contribution in [0.2, 0.25) is 0 Å². The Balaban J connectivity index is 1.55. The molecule has 0 aliphatic heterocycles. The molecule has 5 rings (SSSR count). The SMILES string of the molecule is C[C@H]1CCC[C@@H]2[C@]1(C)CC[C@H]1[C@@]2(C)CC[C@@]2(C)[C@@H]3CC(C)(C)[C@H](O)C[C@]3(C)CC[C@]12C. The summed E-state index contributed by atoms with van der Waals surface area (Å²) in [4.78, 5) is 0. The summed E-state index contributed by atoms with van der Waals surface area (Å²) >= 11 is 0. The Morgan fingerprint density at radius 2 is 1.26 bits per heavy atom. The average Bonchev–Trinajstić information content (AvgIpc) is 2.68. The maximum atomic E-state index is 11.0. The minimum absolute atomic E-state index is 0.0656. The molecule has 178 valence electrons. The van der Waals surface area contributed by atoms with E-state index in [9.17, 15) is 5.11 Å². The molecule has 0 aromatic carbocycles. The van der Waals surface area contributed by atoms with Crippen LogP contribution >= 0.6 is 0 Å². The van der Waals surface area contributed by atoms with Crippen molar-refractivity contribution in [2.45, 2.75) is 132 Å². The minimum atomic E-state index is -0.130. The van der Waals surface area contributed by atoms with Crippen molar-refractivity contribution in [2.24, 2.45) is 56.2 Å². The second kappa shape index (κ2) is 6.55. The van der Waals surface area contributed by atoms with Crippen LogP contribution < -0.4 is 0 Å². The number of fused-ring (bicyclic) bond motifs is 7. The van der Waals surface area contributed by atoms with E-state index in [0.717, 1.165) is 30.1 Å². The summed E-state index contributed by atoms with van der Waals surface area (Å²) in [5.74, 6) is 3.49. The fourth-order valence-corrected chi connectivity index (χ4v) is 11.4. The van der Waals surface area contributed by atoms with Gasteiger partial charge in [-0.25, -0.2) is 0 Å². The molecule has 5 fully saturated rings. The van der Waals surface area contributed by atoms with Gasteiger partial charge >= 0.3 is 0 Å². The van der Waals surface area contributed by atoms with Gasteiger partial charge in [0.05, 0.1) is 6.10 Å². The third kappa shape index (κ3) is 2.71. The Morgan fingerprint density at radius 1 is 0.613 bits per heavy atom. The van der Waals surface area contributed by atoms with Gasteiger partial charge < -0.3 is 5.11 Å². The number of hydrogen-bond acceptors (Lipinski definition) is 1. The highest BCUT2D eigenvalue weighted by Crippen LogP contribution is 2.78. The van der Waals surface area contributed by atoms with E-state index in [1.54, 1.807) is 0 Å². The average molecular weight is 429 g/mol. The fourth-order valence-electron chi connectivity index (χ4n) is 11.4. The maximum Gasteiger partial charge on any atom is 0.0596 e. The van der Waals surface area contributed by atoms with E-state index in [1.165, 1.54) is 64.2 Å². The van der Waals surface area contributed by atoms with Gasteiger partial charge in [-0.05, 0) is 114 Å². The van der Waals surface area contributed by atoms with E-state index in [4.69, 9.17) is 0 Å². The van der Waals surface area contributed by atoms with Gasteiger partial charge in [0.15, 0.2) is 0 Å². The van der Waals surface area contributed by atoms with Crippen molar-refractivity contribution in [2.75, 3.05) is 0 Å². The summed E-state index contributed by atoms with van der Waals surface area (Å²) in [6.07, 6.45) is 15.1. The second-order valence-corrected chi connectivity index (χ2v) is 15.4. The molecule has 5 aliphatic carbocycles. The van der Waals surface area contributed by atoms with Gasteiger partial charge in [-0.1, -0.05) is 68.2 Å². The van der Waals surface area contributed by atoms with Crippen molar-refractivity contribution in [1.29, 1.82) is 0 Å². The number of aliphatic hydroxyl groups excluding tert-OH is 1. The molecule has 1 nitrogen and oxygen atoms in total. The van der Waals surface area contributed by atoms with Gasteiger partial charge in [0.25, 0.3) is 0 Å². The first kappa shape index (κ1) is 22.7. The Bertz CT molecular complexity index is 741. The lowest BCUT2D eigenvalue weighted by Gasteiger charge is -2.75. The van der Waals surface area contributed by atoms with Gasteiger partial charge in [0.1, 0.15) is 0 Å². The zero-order chi connectivity index (χ0) is 22.7. The molecule has 0 spiro atoms. The molecule has 31 heavy (non-hydrogen) atoms. The van der Waals surface area contributed by atoms with Crippen LogP contribution in [0.5, 0.6) is 0 Å². The lowest BCUT2D eigenvalue weighted by molar-refractivity contribution is -0.265. The zero-order valence-electron chi connectivity index (χ0n) is 22.1. The van der Waals surface area contributed by atoms with E-state index in [0.29, 0.717) is 27.1 Å². The second-order valence-electron chi connectivity index (χ2n) is 15.4. The third-order valence-electron chi connectivity index (χ3n) is 14.0. The van der Waals surface area contributed by atoms with Crippen LogP contribution in [-0.2, 0) is 0 Å². The van der Waals surface area contributed by atoms with Crippen LogP contribution in [0, 0.1) is 56.2 Å². The maximum absolute atomic E-state index is 11.0. The topological polar surface area (TPSA) is 20.2 Å². The number of rotatable bonds is 0. The monoisotopic (exact) mass is 428 g/mol. The standard InChI is InChI=1S/C30H52O/c1-20-10-9-11-21-27(20,5)13-12-22-28(21,6)15-17-30(8)23-18-25(2,3)24(31)19-26(23,4)14-16-29(22,30)7/h20-24,31H,9-19H2,1-8H3/t20-,21+,22-,23+,24+,26-,27+,28-,29+,30-/m0/s1. The molecule has 5 aliphatic rings. The zero-order valence-corrected chi connectivity index (χ0v) is 22.1. The molecule has 0 bridgehead atoms. The third-order valence-corrected chi connectivity index (χ3v) is 14.0. The summed E-state index contributed by atoms with van der Waals surface area (Å²) < 4.78 is 0. The van der Waals surface area contributed by atoms with Crippen molar-refractivity contribution < 1.29 is 5.11 Å². The van der Waals surface area contributed by atoms with E-state index in [2.05, 4.69) is 55.4 Å². The Morgan fingerprint density at radius 3 is 1.97 bits per heavy atom. The summed E-state index contributed by atoms with van der Waals surface area (Å²) in [7, 11) is 0. The van der Waals surface area contributed by atoms with E-state index < -0.39 is 0 Å². The Kier molecular flexibility index (Phi) is 4.80. The van der Waals surface area contributed by atoms with E-state index in [-0.39, 0.29) is 11.5 Å². The quantitative estimate of drug-likeness (QED) is 0.412. The molecule has 0 saturated heterocycles. The first-order valence-corrected chi connectivity index (χ1v) is 13.9. The Hall–Kier alpha value is -0.0400. The highest BCUT2D eigenvalue weighted by atomic mass is 16.3. The molecule has 1 N–H and O–H groups in total. The summed E-state index contributed by atoms with van der Waals surface area (Å²) in [5.41, 5.74) is 2.40. The molecule has 1 heteroatoms. The first-order valence-electron chi connectivity index (χ1n) is 13.9. The molecular weight excluding hydrogens is 376 g/mol. The normalized spacial score (nSPS) is 60.9. The van der Waals surface area contributed by atoms with Crippen molar-refractivity contribution >= 4 is 0 Å². The van der Waals surface area contributed by atoms with Crippen LogP contribution in [0.4, 0.5) is 0 Å².